The number of hydrogen-bond acceptors (Lipinski definition) is 4. The van der Waals surface area contributed by atoms with Crippen molar-refractivity contribution in [2.75, 3.05) is 6.54 Å². The molecule has 0 saturated heterocycles. The highest BCUT2D eigenvalue weighted by Crippen LogP contribution is 2.07. The Balaban J connectivity index is 2.16. The first-order chi connectivity index (χ1) is 7.08. The molecule has 86 valence electrons. The third kappa shape index (κ3) is 5.25. The highest BCUT2D eigenvalue weighted by atomic mass is 32.1. The number of rotatable bonds is 6. The third-order valence-corrected chi connectivity index (χ3v) is 2.92. The van der Waals surface area contributed by atoms with Crippen LogP contribution in [-0.4, -0.2) is 22.7 Å². The van der Waals surface area contributed by atoms with E-state index in [0.717, 1.165) is 23.7 Å². The first-order valence-electron chi connectivity index (χ1n) is 5.37. The summed E-state index contributed by atoms with van der Waals surface area (Å²) in [5.41, 5.74) is 1.06. The van der Waals surface area contributed by atoms with E-state index in [2.05, 4.69) is 29.5 Å². The number of thiazole rings is 1. The predicted molar refractivity (Wildman–Crippen MR) is 64.0 cm³/mol. The summed E-state index contributed by atoms with van der Waals surface area (Å²) in [6.07, 6.45) is 0.605. The van der Waals surface area contributed by atoms with Crippen LogP contribution in [0.3, 0.4) is 0 Å². The van der Waals surface area contributed by atoms with Crippen molar-refractivity contribution in [2.24, 2.45) is 5.92 Å². The summed E-state index contributed by atoms with van der Waals surface area (Å²) in [4.78, 5) is 4.34. The monoisotopic (exact) mass is 228 g/mol. The lowest BCUT2D eigenvalue weighted by Gasteiger charge is -2.13. The molecule has 3 nitrogen and oxygen atoms in total. The number of aliphatic hydroxyl groups excluding tert-OH is 1. The van der Waals surface area contributed by atoms with Gasteiger partial charge in [-0.05, 0) is 19.3 Å². The van der Waals surface area contributed by atoms with E-state index in [9.17, 15) is 5.11 Å². The molecule has 1 heterocycles. The summed E-state index contributed by atoms with van der Waals surface area (Å²) in [5, 5.41) is 16.0. The van der Waals surface area contributed by atoms with Gasteiger partial charge in [-0.2, -0.15) is 0 Å². The van der Waals surface area contributed by atoms with Gasteiger partial charge in [-0.3, -0.25) is 0 Å². The minimum Gasteiger partial charge on any atom is -0.392 e. The minimum absolute atomic E-state index is 0.246. The molecular formula is C11H20N2OS. The molecule has 0 aromatic carbocycles. The Morgan fingerprint density at radius 3 is 2.80 bits per heavy atom. The van der Waals surface area contributed by atoms with Crippen LogP contribution in [0, 0.1) is 12.8 Å². The summed E-state index contributed by atoms with van der Waals surface area (Å²) < 4.78 is 0. The van der Waals surface area contributed by atoms with Crippen molar-refractivity contribution in [3.05, 3.63) is 16.1 Å². The van der Waals surface area contributed by atoms with Gasteiger partial charge in [0.1, 0.15) is 0 Å². The van der Waals surface area contributed by atoms with Crippen LogP contribution >= 0.6 is 11.3 Å². The first kappa shape index (κ1) is 12.6. The van der Waals surface area contributed by atoms with Crippen LogP contribution in [0.15, 0.2) is 5.38 Å². The molecular weight excluding hydrogens is 208 g/mol. The Morgan fingerprint density at radius 2 is 2.27 bits per heavy atom. The zero-order valence-electron chi connectivity index (χ0n) is 9.66. The lowest BCUT2D eigenvalue weighted by Crippen LogP contribution is -2.27. The summed E-state index contributed by atoms with van der Waals surface area (Å²) in [7, 11) is 0. The minimum atomic E-state index is -0.246. The Morgan fingerprint density at radius 1 is 1.53 bits per heavy atom. The first-order valence-corrected chi connectivity index (χ1v) is 6.25. The average Bonchev–Trinajstić information content (AvgIpc) is 2.50. The zero-order valence-corrected chi connectivity index (χ0v) is 10.5. The highest BCUT2D eigenvalue weighted by molar-refractivity contribution is 7.09. The topological polar surface area (TPSA) is 45.2 Å². The Bertz CT molecular complexity index is 286. The normalized spacial score (nSPS) is 13.4. The van der Waals surface area contributed by atoms with Crippen LogP contribution in [-0.2, 0) is 6.54 Å². The molecule has 0 aliphatic carbocycles. The van der Waals surface area contributed by atoms with Crippen LogP contribution in [0.2, 0.25) is 0 Å². The van der Waals surface area contributed by atoms with E-state index in [0.29, 0.717) is 12.5 Å². The molecule has 1 atom stereocenters. The van der Waals surface area contributed by atoms with Crippen molar-refractivity contribution in [1.29, 1.82) is 0 Å². The van der Waals surface area contributed by atoms with E-state index in [4.69, 9.17) is 0 Å². The number of aromatic nitrogens is 1. The lowest BCUT2D eigenvalue weighted by atomic mass is 10.1. The lowest BCUT2D eigenvalue weighted by molar-refractivity contribution is 0.146. The van der Waals surface area contributed by atoms with Gasteiger partial charge in [0.2, 0.25) is 0 Å². The second-order valence-corrected chi connectivity index (χ2v) is 5.33. The van der Waals surface area contributed by atoms with E-state index >= 15 is 0 Å². The van der Waals surface area contributed by atoms with Crippen molar-refractivity contribution in [3.8, 4) is 0 Å². The fourth-order valence-electron chi connectivity index (χ4n) is 1.48. The molecule has 0 bridgehead atoms. The maximum absolute atomic E-state index is 9.62. The van der Waals surface area contributed by atoms with Gasteiger partial charge in [0.05, 0.1) is 16.8 Å². The van der Waals surface area contributed by atoms with Gasteiger partial charge < -0.3 is 10.4 Å². The van der Waals surface area contributed by atoms with E-state index in [1.54, 1.807) is 11.3 Å². The summed E-state index contributed by atoms with van der Waals surface area (Å²) in [6, 6.07) is 0. The van der Waals surface area contributed by atoms with Gasteiger partial charge in [-0.15, -0.1) is 11.3 Å². The molecule has 4 heteroatoms. The SMILES string of the molecule is Cc1nc(CNCC(O)CC(C)C)cs1. The van der Waals surface area contributed by atoms with E-state index in [-0.39, 0.29) is 6.10 Å². The molecule has 1 rings (SSSR count). The van der Waals surface area contributed by atoms with Crippen molar-refractivity contribution < 1.29 is 5.11 Å². The van der Waals surface area contributed by atoms with E-state index in [1.807, 2.05) is 6.92 Å². The van der Waals surface area contributed by atoms with Crippen LogP contribution in [0.5, 0.6) is 0 Å². The van der Waals surface area contributed by atoms with Gasteiger partial charge in [0.15, 0.2) is 0 Å². The van der Waals surface area contributed by atoms with Crippen molar-refractivity contribution in [2.45, 2.75) is 39.8 Å². The number of hydrogen-bond donors (Lipinski definition) is 2. The molecule has 1 unspecified atom stereocenters. The average molecular weight is 228 g/mol. The van der Waals surface area contributed by atoms with Gasteiger partial charge in [-0.25, -0.2) is 4.98 Å². The van der Waals surface area contributed by atoms with E-state index in [1.165, 1.54) is 0 Å². The largest absolute Gasteiger partial charge is 0.392 e. The summed E-state index contributed by atoms with van der Waals surface area (Å²) in [6.45, 7) is 7.63. The molecule has 0 aliphatic heterocycles. The molecule has 15 heavy (non-hydrogen) atoms. The maximum atomic E-state index is 9.62. The van der Waals surface area contributed by atoms with Gasteiger partial charge >= 0.3 is 0 Å². The van der Waals surface area contributed by atoms with Gasteiger partial charge in [-0.1, -0.05) is 13.8 Å². The second-order valence-electron chi connectivity index (χ2n) is 4.27. The smallest absolute Gasteiger partial charge is 0.0897 e. The summed E-state index contributed by atoms with van der Waals surface area (Å²) >= 11 is 1.66. The molecule has 0 saturated carbocycles. The number of nitrogens with one attached hydrogen (secondary N) is 1. The quantitative estimate of drug-likeness (QED) is 0.782. The summed E-state index contributed by atoms with van der Waals surface area (Å²) in [5.74, 6) is 0.545. The van der Waals surface area contributed by atoms with Crippen molar-refractivity contribution in [3.63, 3.8) is 0 Å². The molecule has 0 amide bonds. The fraction of sp³-hybridized carbons (Fsp3) is 0.727. The van der Waals surface area contributed by atoms with Crippen LogP contribution in [0.4, 0.5) is 0 Å². The fourth-order valence-corrected chi connectivity index (χ4v) is 2.10. The number of nitrogens with zero attached hydrogens (tertiary/aromatic N) is 1. The maximum Gasteiger partial charge on any atom is 0.0897 e. The molecule has 2 N–H and O–H groups in total. The molecule has 0 aliphatic rings. The van der Waals surface area contributed by atoms with Crippen LogP contribution in [0.25, 0.3) is 0 Å². The third-order valence-electron chi connectivity index (χ3n) is 2.10. The highest BCUT2D eigenvalue weighted by Gasteiger charge is 2.06. The molecule has 1 aromatic rings. The molecule has 0 radical (unpaired) electrons. The second kappa shape index (κ2) is 6.20. The Labute approximate surface area is 95.6 Å². The van der Waals surface area contributed by atoms with Crippen molar-refractivity contribution >= 4 is 11.3 Å². The predicted octanol–water partition coefficient (Wildman–Crippen LogP) is 1.95. The molecule has 0 spiro atoms. The van der Waals surface area contributed by atoms with Crippen LogP contribution < -0.4 is 5.32 Å². The molecule has 0 fully saturated rings. The van der Waals surface area contributed by atoms with Crippen LogP contribution in [0.1, 0.15) is 31.0 Å². The standard InChI is InChI=1S/C11H20N2OS/c1-8(2)4-11(14)6-12-5-10-7-15-9(3)13-10/h7-8,11-12,14H,4-6H2,1-3H3. The Kier molecular flexibility index (Phi) is 5.22. The number of aliphatic hydroxyl groups is 1. The molecule has 1 aromatic heterocycles. The van der Waals surface area contributed by atoms with Gasteiger partial charge in [0.25, 0.3) is 0 Å². The van der Waals surface area contributed by atoms with Crippen molar-refractivity contribution in [1.82, 2.24) is 10.3 Å². The van der Waals surface area contributed by atoms with Gasteiger partial charge in [0, 0.05) is 18.5 Å². The van der Waals surface area contributed by atoms with E-state index < -0.39 is 0 Å². The Hall–Kier alpha value is -0.450. The zero-order chi connectivity index (χ0) is 11.3. The number of aryl methyl sites for hydroxylation is 1.